The van der Waals surface area contributed by atoms with Crippen LogP contribution in [0, 0.1) is 0 Å². The summed E-state index contributed by atoms with van der Waals surface area (Å²) in [5, 5.41) is 0. The molecule has 0 amide bonds. The molecule has 0 aliphatic rings. The first kappa shape index (κ1) is 13.7. The van der Waals surface area contributed by atoms with Crippen LogP contribution in [0.1, 0.15) is 30.8 Å². The van der Waals surface area contributed by atoms with Gasteiger partial charge in [0.15, 0.2) is 0 Å². The number of aryl methyl sites for hydroxylation is 1. The van der Waals surface area contributed by atoms with Crippen LogP contribution in [-0.4, -0.2) is 19.5 Å². The van der Waals surface area contributed by atoms with Gasteiger partial charge in [-0.2, -0.15) is 0 Å². The number of hydrogen-bond donors (Lipinski definition) is 2. The summed E-state index contributed by atoms with van der Waals surface area (Å²) in [5.74, 6) is 6.69. The Kier molecular flexibility index (Phi) is 3.89. The van der Waals surface area contributed by atoms with Crippen LogP contribution in [0.5, 0.6) is 0 Å². The van der Waals surface area contributed by atoms with Gasteiger partial charge in [0, 0.05) is 36.9 Å². The average Bonchev–Trinajstić information content (AvgIpc) is 2.97. The molecule has 2 heterocycles. The van der Waals surface area contributed by atoms with E-state index in [1.54, 1.807) is 18.6 Å². The fourth-order valence-corrected chi connectivity index (χ4v) is 2.56. The van der Waals surface area contributed by atoms with Crippen LogP contribution in [0.2, 0.25) is 0 Å². The maximum absolute atomic E-state index is 5.80. The topological polar surface area (TPSA) is 81.7 Å². The first-order valence-corrected chi connectivity index (χ1v) is 7.02. The van der Waals surface area contributed by atoms with Crippen LogP contribution >= 0.6 is 0 Å². The maximum Gasteiger partial charge on any atom is 0.131 e. The summed E-state index contributed by atoms with van der Waals surface area (Å²) in [7, 11) is 0. The highest BCUT2D eigenvalue weighted by Crippen LogP contribution is 2.25. The number of nitrogens with zero attached hydrogens (tertiary/aromatic N) is 4. The molecule has 2 aromatic heterocycles. The number of fused-ring (bicyclic) bond motifs is 1. The molecular weight excluding hydrogens is 264 g/mol. The first-order chi connectivity index (χ1) is 10.3. The highest BCUT2D eigenvalue weighted by atomic mass is 15.3. The first-order valence-electron chi connectivity index (χ1n) is 7.02. The number of nitrogens with two attached hydrogens (primary N) is 1. The largest absolute Gasteiger partial charge is 0.333 e. The highest BCUT2D eigenvalue weighted by Gasteiger charge is 2.20. The Balaban J connectivity index is 2.12. The standard InChI is InChI=1S/C15H18N6/c1-2-9-21-10-8-19-15(21)14(20-16)11-4-3-5-12-13(11)18-7-6-17-12/h3-8,10,14,20H,2,9,16H2,1H3. The summed E-state index contributed by atoms with van der Waals surface area (Å²) in [4.78, 5) is 13.2. The second-order valence-electron chi connectivity index (χ2n) is 4.85. The predicted octanol–water partition coefficient (Wildman–Crippen LogP) is 1.79. The Morgan fingerprint density at radius 3 is 2.86 bits per heavy atom. The number of para-hydroxylation sites is 1. The molecule has 0 aliphatic heterocycles. The zero-order valence-corrected chi connectivity index (χ0v) is 11.9. The number of rotatable bonds is 5. The van der Waals surface area contributed by atoms with E-state index in [1.165, 1.54) is 0 Å². The van der Waals surface area contributed by atoms with Crippen molar-refractivity contribution in [1.82, 2.24) is 24.9 Å². The average molecular weight is 282 g/mol. The minimum Gasteiger partial charge on any atom is -0.333 e. The Morgan fingerprint density at radius 1 is 1.19 bits per heavy atom. The Bertz CT molecular complexity index is 730. The van der Waals surface area contributed by atoms with E-state index >= 15 is 0 Å². The van der Waals surface area contributed by atoms with Crippen molar-refractivity contribution >= 4 is 11.0 Å². The second-order valence-corrected chi connectivity index (χ2v) is 4.85. The molecule has 0 saturated carbocycles. The minimum atomic E-state index is -0.216. The lowest BCUT2D eigenvalue weighted by Gasteiger charge is -2.18. The van der Waals surface area contributed by atoms with Crippen molar-refractivity contribution in [2.45, 2.75) is 25.9 Å². The van der Waals surface area contributed by atoms with Crippen LogP contribution in [0.3, 0.4) is 0 Å². The maximum atomic E-state index is 5.80. The SMILES string of the molecule is CCCn1ccnc1C(NN)c1cccc2nccnc12. The third-order valence-corrected chi connectivity index (χ3v) is 3.48. The highest BCUT2D eigenvalue weighted by molar-refractivity contribution is 5.78. The molecule has 6 heteroatoms. The van der Waals surface area contributed by atoms with Gasteiger partial charge in [-0.25, -0.2) is 10.4 Å². The fraction of sp³-hybridized carbons (Fsp3) is 0.267. The van der Waals surface area contributed by atoms with Crippen LogP contribution in [0.4, 0.5) is 0 Å². The smallest absolute Gasteiger partial charge is 0.131 e. The van der Waals surface area contributed by atoms with Crippen LogP contribution < -0.4 is 11.3 Å². The molecule has 1 unspecified atom stereocenters. The van der Waals surface area contributed by atoms with Gasteiger partial charge in [-0.05, 0) is 12.5 Å². The summed E-state index contributed by atoms with van der Waals surface area (Å²) >= 11 is 0. The normalized spacial score (nSPS) is 12.7. The zero-order chi connectivity index (χ0) is 14.7. The Labute approximate surface area is 123 Å². The van der Waals surface area contributed by atoms with Crippen LogP contribution in [-0.2, 0) is 6.54 Å². The monoisotopic (exact) mass is 282 g/mol. The molecule has 6 nitrogen and oxygen atoms in total. The summed E-state index contributed by atoms with van der Waals surface area (Å²) < 4.78 is 2.11. The van der Waals surface area contributed by atoms with E-state index in [2.05, 4.69) is 31.9 Å². The number of hydrazine groups is 1. The molecule has 3 aromatic rings. The minimum absolute atomic E-state index is 0.216. The lowest BCUT2D eigenvalue weighted by molar-refractivity contribution is 0.547. The van der Waals surface area contributed by atoms with Crippen LogP contribution in [0.25, 0.3) is 11.0 Å². The quantitative estimate of drug-likeness (QED) is 0.551. The molecule has 0 bridgehead atoms. The van der Waals surface area contributed by atoms with E-state index in [9.17, 15) is 0 Å². The van der Waals surface area contributed by atoms with E-state index in [-0.39, 0.29) is 6.04 Å². The van der Waals surface area contributed by atoms with E-state index in [0.29, 0.717) is 0 Å². The summed E-state index contributed by atoms with van der Waals surface area (Å²) in [6.07, 6.45) is 8.19. The summed E-state index contributed by atoms with van der Waals surface area (Å²) in [5.41, 5.74) is 5.53. The van der Waals surface area contributed by atoms with Crippen molar-refractivity contribution in [2.75, 3.05) is 0 Å². The number of nitrogens with one attached hydrogen (secondary N) is 1. The van der Waals surface area contributed by atoms with E-state index in [1.807, 2.05) is 24.4 Å². The van der Waals surface area contributed by atoms with Gasteiger partial charge in [-0.3, -0.25) is 15.8 Å². The summed E-state index contributed by atoms with van der Waals surface area (Å²) in [6.45, 7) is 3.04. The number of benzene rings is 1. The number of hydrogen-bond acceptors (Lipinski definition) is 5. The molecule has 0 aliphatic carbocycles. The van der Waals surface area contributed by atoms with Crippen molar-refractivity contribution in [3.8, 4) is 0 Å². The third kappa shape index (κ3) is 2.51. The van der Waals surface area contributed by atoms with E-state index in [4.69, 9.17) is 5.84 Å². The van der Waals surface area contributed by atoms with Gasteiger partial charge in [-0.15, -0.1) is 0 Å². The van der Waals surface area contributed by atoms with Gasteiger partial charge in [0.2, 0.25) is 0 Å². The van der Waals surface area contributed by atoms with Gasteiger partial charge in [0.25, 0.3) is 0 Å². The molecule has 0 fully saturated rings. The molecule has 3 rings (SSSR count). The molecule has 1 atom stereocenters. The number of imidazole rings is 1. The molecule has 0 spiro atoms. The molecular formula is C15H18N6. The molecule has 0 saturated heterocycles. The Morgan fingerprint density at radius 2 is 2.05 bits per heavy atom. The molecule has 108 valence electrons. The van der Waals surface area contributed by atoms with Gasteiger partial charge in [0.05, 0.1) is 11.0 Å². The van der Waals surface area contributed by atoms with E-state index in [0.717, 1.165) is 35.4 Å². The molecule has 1 aromatic carbocycles. The summed E-state index contributed by atoms with van der Waals surface area (Å²) in [6, 6.07) is 5.70. The van der Waals surface area contributed by atoms with Gasteiger partial charge in [-0.1, -0.05) is 19.1 Å². The van der Waals surface area contributed by atoms with Crippen molar-refractivity contribution in [3.05, 3.63) is 54.4 Å². The van der Waals surface area contributed by atoms with Crippen molar-refractivity contribution in [3.63, 3.8) is 0 Å². The lowest BCUT2D eigenvalue weighted by Crippen LogP contribution is -2.31. The number of aromatic nitrogens is 4. The third-order valence-electron chi connectivity index (χ3n) is 3.48. The fourth-order valence-electron chi connectivity index (χ4n) is 2.56. The molecule has 21 heavy (non-hydrogen) atoms. The van der Waals surface area contributed by atoms with E-state index < -0.39 is 0 Å². The predicted molar refractivity (Wildman–Crippen MR) is 81.2 cm³/mol. The van der Waals surface area contributed by atoms with Gasteiger partial charge >= 0.3 is 0 Å². The van der Waals surface area contributed by atoms with Gasteiger partial charge in [0.1, 0.15) is 11.9 Å². The lowest BCUT2D eigenvalue weighted by atomic mass is 10.0. The van der Waals surface area contributed by atoms with Crippen LogP contribution in [0.15, 0.2) is 43.0 Å². The molecule has 3 N–H and O–H groups in total. The molecule has 0 radical (unpaired) electrons. The van der Waals surface area contributed by atoms with Crippen molar-refractivity contribution in [1.29, 1.82) is 0 Å². The zero-order valence-electron chi connectivity index (χ0n) is 11.9. The Hall–Kier alpha value is -2.31. The van der Waals surface area contributed by atoms with Gasteiger partial charge < -0.3 is 4.57 Å². The van der Waals surface area contributed by atoms with Crippen molar-refractivity contribution < 1.29 is 0 Å². The van der Waals surface area contributed by atoms with Crippen molar-refractivity contribution in [2.24, 2.45) is 5.84 Å². The second kappa shape index (κ2) is 5.99.